The normalized spacial score (nSPS) is 14.3. The predicted octanol–water partition coefficient (Wildman–Crippen LogP) is 2.28. The van der Waals surface area contributed by atoms with E-state index in [1.165, 1.54) is 0 Å². The third kappa shape index (κ3) is 5.16. The van der Waals surface area contributed by atoms with Crippen LogP contribution in [0.1, 0.15) is 40.5 Å². The second-order valence-corrected chi connectivity index (χ2v) is 5.23. The van der Waals surface area contributed by atoms with Crippen LogP contribution in [-0.2, 0) is 0 Å². The van der Waals surface area contributed by atoms with Gasteiger partial charge in [-0.1, -0.05) is 6.92 Å². The number of nitrogens with zero attached hydrogens (tertiary/aromatic N) is 3. The number of aromatic nitrogens is 3. The van der Waals surface area contributed by atoms with Gasteiger partial charge in [-0.3, -0.25) is 0 Å². The van der Waals surface area contributed by atoms with E-state index in [0.717, 1.165) is 6.42 Å². The molecular formula is C12H21ClN4O2. The fourth-order valence-corrected chi connectivity index (χ4v) is 1.65. The summed E-state index contributed by atoms with van der Waals surface area (Å²) in [6.45, 7) is 7.87. The summed E-state index contributed by atoms with van der Waals surface area (Å²) >= 11 is 5.85. The molecule has 1 aromatic heterocycles. The van der Waals surface area contributed by atoms with Gasteiger partial charge < -0.3 is 15.2 Å². The van der Waals surface area contributed by atoms with Gasteiger partial charge in [0.2, 0.25) is 11.2 Å². The van der Waals surface area contributed by atoms with Crippen molar-refractivity contribution in [3.05, 3.63) is 5.28 Å². The molecule has 0 bridgehead atoms. The van der Waals surface area contributed by atoms with Gasteiger partial charge in [0.05, 0.1) is 6.10 Å². The molecule has 0 aromatic carbocycles. The summed E-state index contributed by atoms with van der Waals surface area (Å²) < 4.78 is 5.41. The molecule has 0 saturated heterocycles. The molecule has 1 aromatic rings. The van der Waals surface area contributed by atoms with Crippen molar-refractivity contribution in [2.75, 3.05) is 11.9 Å². The number of nitrogens with one attached hydrogen (secondary N) is 1. The van der Waals surface area contributed by atoms with Crippen molar-refractivity contribution < 1.29 is 9.84 Å². The highest BCUT2D eigenvalue weighted by molar-refractivity contribution is 6.28. The Balaban J connectivity index is 2.90. The van der Waals surface area contributed by atoms with Crippen molar-refractivity contribution in [1.82, 2.24) is 15.0 Å². The van der Waals surface area contributed by atoms with Gasteiger partial charge >= 0.3 is 6.01 Å². The molecule has 6 nitrogen and oxygen atoms in total. The van der Waals surface area contributed by atoms with Crippen LogP contribution in [0.15, 0.2) is 0 Å². The molecule has 1 unspecified atom stereocenters. The molecule has 0 spiro atoms. The van der Waals surface area contributed by atoms with Crippen LogP contribution in [0.5, 0.6) is 6.01 Å². The number of hydrogen-bond acceptors (Lipinski definition) is 6. The number of halogens is 1. The average molecular weight is 289 g/mol. The zero-order valence-corrected chi connectivity index (χ0v) is 12.5. The SMILES string of the molecule is CCC(C)(CCO)Nc1nc(Cl)nc(OC(C)C)n1. The maximum absolute atomic E-state index is 9.10. The van der Waals surface area contributed by atoms with Crippen molar-refractivity contribution in [2.45, 2.75) is 52.2 Å². The van der Waals surface area contributed by atoms with Gasteiger partial charge in [-0.2, -0.15) is 15.0 Å². The molecular weight excluding hydrogens is 268 g/mol. The zero-order valence-electron chi connectivity index (χ0n) is 11.8. The van der Waals surface area contributed by atoms with E-state index in [2.05, 4.69) is 20.3 Å². The minimum Gasteiger partial charge on any atom is -0.461 e. The smallest absolute Gasteiger partial charge is 0.322 e. The lowest BCUT2D eigenvalue weighted by Gasteiger charge is -2.28. The van der Waals surface area contributed by atoms with E-state index in [4.69, 9.17) is 21.4 Å². The lowest BCUT2D eigenvalue weighted by molar-refractivity contribution is 0.221. The summed E-state index contributed by atoms with van der Waals surface area (Å²) in [5.41, 5.74) is -0.297. The molecule has 0 saturated carbocycles. The quantitative estimate of drug-likeness (QED) is 0.801. The number of hydrogen-bond donors (Lipinski definition) is 2. The van der Waals surface area contributed by atoms with Gasteiger partial charge in [0.1, 0.15) is 0 Å². The lowest BCUT2D eigenvalue weighted by Crippen LogP contribution is -2.36. The second kappa shape index (κ2) is 6.86. The maximum atomic E-state index is 9.10. The Morgan fingerprint density at radius 1 is 1.37 bits per heavy atom. The van der Waals surface area contributed by atoms with E-state index in [0.29, 0.717) is 12.4 Å². The van der Waals surface area contributed by atoms with Crippen LogP contribution in [0.4, 0.5) is 5.95 Å². The highest BCUT2D eigenvalue weighted by atomic mass is 35.5. The van der Waals surface area contributed by atoms with Crippen LogP contribution in [0.2, 0.25) is 5.28 Å². The largest absolute Gasteiger partial charge is 0.461 e. The van der Waals surface area contributed by atoms with Gasteiger partial charge in [-0.25, -0.2) is 0 Å². The second-order valence-electron chi connectivity index (χ2n) is 4.89. The fraction of sp³-hybridized carbons (Fsp3) is 0.750. The topological polar surface area (TPSA) is 80.2 Å². The minimum absolute atomic E-state index is 0.0404. The Labute approximate surface area is 118 Å². The maximum Gasteiger partial charge on any atom is 0.322 e. The Bertz CT molecular complexity index is 417. The molecule has 19 heavy (non-hydrogen) atoms. The third-order valence-corrected chi connectivity index (χ3v) is 2.96. The van der Waals surface area contributed by atoms with E-state index in [-0.39, 0.29) is 29.5 Å². The molecule has 0 aliphatic carbocycles. The molecule has 1 atom stereocenters. The molecule has 7 heteroatoms. The molecule has 2 N–H and O–H groups in total. The summed E-state index contributed by atoms with van der Waals surface area (Å²) in [6, 6.07) is 0.194. The molecule has 0 amide bonds. The van der Waals surface area contributed by atoms with Crippen molar-refractivity contribution >= 4 is 17.5 Å². The molecule has 0 aliphatic heterocycles. The van der Waals surface area contributed by atoms with Gasteiger partial charge in [0.25, 0.3) is 0 Å². The first-order chi connectivity index (χ1) is 8.88. The zero-order chi connectivity index (χ0) is 14.5. The van der Waals surface area contributed by atoms with Crippen molar-refractivity contribution in [2.24, 2.45) is 0 Å². The van der Waals surface area contributed by atoms with E-state index in [9.17, 15) is 0 Å². The van der Waals surface area contributed by atoms with Crippen LogP contribution in [0.25, 0.3) is 0 Å². The third-order valence-electron chi connectivity index (χ3n) is 2.79. The Kier molecular flexibility index (Phi) is 5.75. The number of anilines is 1. The fourth-order valence-electron chi connectivity index (χ4n) is 1.50. The van der Waals surface area contributed by atoms with E-state index < -0.39 is 0 Å². The summed E-state index contributed by atoms with van der Waals surface area (Å²) in [5.74, 6) is 0.355. The average Bonchev–Trinajstić information content (AvgIpc) is 2.27. The number of aliphatic hydroxyl groups excluding tert-OH is 1. The van der Waals surface area contributed by atoms with Gasteiger partial charge in [-0.05, 0) is 45.2 Å². The summed E-state index contributed by atoms with van der Waals surface area (Å²) in [4.78, 5) is 12.1. The molecule has 0 aliphatic rings. The Hall–Kier alpha value is -1.14. The van der Waals surface area contributed by atoms with Crippen LogP contribution in [-0.4, -0.2) is 38.3 Å². The number of ether oxygens (including phenoxy) is 1. The predicted molar refractivity (Wildman–Crippen MR) is 74.6 cm³/mol. The highest BCUT2D eigenvalue weighted by Gasteiger charge is 2.23. The van der Waals surface area contributed by atoms with Crippen molar-refractivity contribution in [3.8, 4) is 6.01 Å². The Morgan fingerprint density at radius 3 is 2.58 bits per heavy atom. The summed E-state index contributed by atoms with van der Waals surface area (Å²) in [6.07, 6.45) is 1.37. The van der Waals surface area contributed by atoms with Crippen LogP contribution in [0.3, 0.4) is 0 Å². The van der Waals surface area contributed by atoms with E-state index in [1.807, 2.05) is 27.7 Å². The standard InChI is InChI=1S/C12H21ClN4O2/c1-5-12(4,6-7-18)17-10-14-9(13)15-11(16-10)19-8(2)3/h8,18H,5-7H2,1-4H3,(H,14,15,16,17). The van der Waals surface area contributed by atoms with Crippen molar-refractivity contribution in [3.63, 3.8) is 0 Å². The van der Waals surface area contributed by atoms with Gasteiger partial charge in [0.15, 0.2) is 0 Å². The van der Waals surface area contributed by atoms with E-state index >= 15 is 0 Å². The Morgan fingerprint density at radius 2 is 2.05 bits per heavy atom. The van der Waals surface area contributed by atoms with Crippen LogP contribution < -0.4 is 10.1 Å². The number of aliphatic hydroxyl groups is 1. The summed E-state index contributed by atoms with van der Waals surface area (Å²) in [7, 11) is 0. The molecule has 1 rings (SSSR count). The molecule has 1 heterocycles. The summed E-state index contributed by atoms with van der Waals surface area (Å²) in [5, 5.41) is 12.3. The van der Waals surface area contributed by atoms with E-state index in [1.54, 1.807) is 0 Å². The van der Waals surface area contributed by atoms with Crippen molar-refractivity contribution in [1.29, 1.82) is 0 Å². The first-order valence-electron chi connectivity index (χ1n) is 6.36. The minimum atomic E-state index is -0.297. The monoisotopic (exact) mass is 288 g/mol. The van der Waals surface area contributed by atoms with Crippen LogP contribution in [0, 0.1) is 0 Å². The molecule has 0 radical (unpaired) electrons. The first-order valence-corrected chi connectivity index (χ1v) is 6.73. The molecule has 108 valence electrons. The molecule has 0 fully saturated rings. The number of rotatable bonds is 7. The highest BCUT2D eigenvalue weighted by Crippen LogP contribution is 2.21. The lowest BCUT2D eigenvalue weighted by atomic mass is 9.95. The first kappa shape index (κ1) is 15.9. The van der Waals surface area contributed by atoms with Crippen LogP contribution >= 0.6 is 11.6 Å². The van der Waals surface area contributed by atoms with Gasteiger partial charge in [-0.15, -0.1) is 0 Å². The van der Waals surface area contributed by atoms with Gasteiger partial charge in [0, 0.05) is 12.1 Å².